The number of aromatic nitrogens is 1. The van der Waals surface area contributed by atoms with Gasteiger partial charge < -0.3 is 14.4 Å². The molecule has 0 atom stereocenters. The Morgan fingerprint density at radius 2 is 1.58 bits per heavy atom. The second kappa shape index (κ2) is 10.3. The minimum absolute atomic E-state index is 0.288. The van der Waals surface area contributed by atoms with E-state index in [0.717, 1.165) is 69.3 Å². The van der Waals surface area contributed by atoms with E-state index in [2.05, 4.69) is 27.8 Å². The highest BCUT2D eigenvalue weighted by Crippen LogP contribution is 2.31. The van der Waals surface area contributed by atoms with E-state index in [1.807, 2.05) is 12.1 Å². The van der Waals surface area contributed by atoms with Crippen LogP contribution in [0, 0.1) is 6.92 Å². The maximum Gasteiger partial charge on any atom is 0.244 e. The zero-order valence-electron chi connectivity index (χ0n) is 19.8. The van der Waals surface area contributed by atoms with Gasteiger partial charge in [0.15, 0.2) is 11.5 Å². The van der Waals surface area contributed by atoms with Crippen LogP contribution in [0.1, 0.15) is 30.4 Å². The van der Waals surface area contributed by atoms with Gasteiger partial charge in [0.2, 0.25) is 10.0 Å². The lowest BCUT2D eigenvalue weighted by Crippen LogP contribution is -2.46. The van der Waals surface area contributed by atoms with E-state index >= 15 is 0 Å². The molecule has 3 heterocycles. The molecule has 0 saturated carbocycles. The van der Waals surface area contributed by atoms with Gasteiger partial charge in [0, 0.05) is 52.0 Å². The molecule has 0 amide bonds. The van der Waals surface area contributed by atoms with Gasteiger partial charge in [-0.1, -0.05) is 6.42 Å². The highest BCUT2D eigenvalue weighted by Gasteiger charge is 2.27. The average Bonchev–Trinajstić information content (AvgIpc) is 2.86. The number of methoxy groups -OCH3 is 2. The highest BCUT2D eigenvalue weighted by atomic mass is 32.2. The summed E-state index contributed by atoms with van der Waals surface area (Å²) in [5.41, 5.74) is 2.41. The van der Waals surface area contributed by atoms with Crippen LogP contribution in [-0.4, -0.2) is 76.1 Å². The van der Waals surface area contributed by atoms with Gasteiger partial charge in [-0.25, -0.2) is 13.4 Å². The maximum atomic E-state index is 12.9. The van der Waals surface area contributed by atoms with Crippen LogP contribution in [0.25, 0.3) is 0 Å². The molecule has 2 aliphatic heterocycles. The fourth-order valence-electron chi connectivity index (χ4n) is 4.54. The Balaban J connectivity index is 1.36. The Hall–Kier alpha value is -2.36. The number of sulfonamides is 1. The molecular formula is C24H34N4O4S. The van der Waals surface area contributed by atoms with Crippen molar-refractivity contribution in [2.75, 3.05) is 58.4 Å². The molecule has 2 saturated heterocycles. The summed E-state index contributed by atoms with van der Waals surface area (Å²) < 4.78 is 38.2. The minimum atomic E-state index is -3.44. The number of hydrogen-bond donors (Lipinski definition) is 0. The van der Waals surface area contributed by atoms with Crippen molar-refractivity contribution in [1.29, 1.82) is 0 Å². The quantitative estimate of drug-likeness (QED) is 0.611. The van der Waals surface area contributed by atoms with E-state index in [9.17, 15) is 8.42 Å². The first-order valence-electron chi connectivity index (χ1n) is 11.6. The van der Waals surface area contributed by atoms with Gasteiger partial charge >= 0.3 is 0 Å². The summed E-state index contributed by atoms with van der Waals surface area (Å²) in [7, 11) is -0.132. The van der Waals surface area contributed by atoms with Crippen molar-refractivity contribution >= 4 is 15.8 Å². The van der Waals surface area contributed by atoms with Crippen molar-refractivity contribution in [2.24, 2.45) is 0 Å². The van der Waals surface area contributed by atoms with E-state index < -0.39 is 10.0 Å². The third-order valence-electron chi connectivity index (χ3n) is 6.61. The summed E-state index contributed by atoms with van der Waals surface area (Å²) in [4.78, 5) is 9.42. The third kappa shape index (κ3) is 5.26. The maximum absolute atomic E-state index is 12.9. The molecule has 0 unspecified atom stereocenters. The second-order valence-electron chi connectivity index (χ2n) is 8.71. The molecule has 4 rings (SSSR count). The molecule has 9 heteroatoms. The van der Waals surface area contributed by atoms with Crippen LogP contribution in [0.15, 0.2) is 35.4 Å². The van der Waals surface area contributed by atoms with Crippen LogP contribution in [0.4, 0.5) is 5.82 Å². The van der Waals surface area contributed by atoms with Crippen molar-refractivity contribution < 1.29 is 17.9 Å². The lowest BCUT2D eigenvalue weighted by Gasteiger charge is -2.35. The predicted octanol–water partition coefficient (Wildman–Crippen LogP) is 2.90. The number of benzene rings is 1. The number of pyridine rings is 1. The van der Waals surface area contributed by atoms with Gasteiger partial charge in [0.05, 0.1) is 14.2 Å². The number of piperidine rings is 1. The van der Waals surface area contributed by atoms with E-state index in [4.69, 9.17) is 9.47 Å². The summed E-state index contributed by atoms with van der Waals surface area (Å²) in [6, 6.07) is 7.62. The molecule has 0 bridgehead atoms. The van der Waals surface area contributed by atoms with Crippen molar-refractivity contribution in [3.8, 4) is 11.5 Å². The summed E-state index contributed by atoms with van der Waals surface area (Å²) >= 11 is 0. The van der Waals surface area contributed by atoms with Gasteiger partial charge in [0.1, 0.15) is 10.7 Å². The normalized spacial score (nSPS) is 18.3. The highest BCUT2D eigenvalue weighted by molar-refractivity contribution is 7.89. The van der Waals surface area contributed by atoms with Crippen LogP contribution >= 0.6 is 0 Å². The van der Waals surface area contributed by atoms with Gasteiger partial charge in [-0.3, -0.25) is 4.90 Å². The zero-order chi connectivity index (χ0) is 23.4. The van der Waals surface area contributed by atoms with Crippen molar-refractivity contribution in [3.05, 3.63) is 41.6 Å². The summed E-state index contributed by atoms with van der Waals surface area (Å²) in [6.45, 7) is 7.65. The number of rotatable bonds is 7. The first kappa shape index (κ1) is 23.8. The van der Waals surface area contributed by atoms with Crippen molar-refractivity contribution in [3.63, 3.8) is 0 Å². The SMILES string of the molecule is COc1cc(C)c(CN2CCN(c3ccc(S(=O)(=O)N4CCCCC4)cn3)CC2)cc1OC. The largest absolute Gasteiger partial charge is 0.493 e. The van der Waals surface area contributed by atoms with Gasteiger partial charge in [0.25, 0.3) is 0 Å². The number of aryl methyl sites for hydroxylation is 1. The number of ether oxygens (including phenoxy) is 2. The van der Waals surface area contributed by atoms with E-state index in [1.165, 1.54) is 17.3 Å². The summed E-state index contributed by atoms with van der Waals surface area (Å²) in [5.74, 6) is 2.33. The predicted molar refractivity (Wildman–Crippen MR) is 129 cm³/mol. The Bertz CT molecular complexity index is 1040. The molecule has 1 aromatic carbocycles. The monoisotopic (exact) mass is 474 g/mol. The van der Waals surface area contributed by atoms with Crippen LogP contribution < -0.4 is 14.4 Å². The fourth-order valence-corrected chi connectivity index (χ4v) is 6.00. The Kier molecular flexibility index (Phi) is 7.41. The van der Waals surface area contributed by atoms with Crippen molar-refractivity contribution in [1.82, 2.24) is 14.2 Å². The fraction of sp³-hybridized carbons (Fsp3) is 0.542. The molecule has 2 aliphatic rings. The second-order valence-corrected chi connectivity index (χ2v) is 10.7. The van der Waals surface area contributed by atoms with E-state index in [0.29, 0.717) is 13.1 Å². The molecule has 2 aromatic rings. The van der Waals surface area contributed by atoms with Gasteiger partial charge in [-0.2, -0.15) is 4.31 Å². The lowest BCUT2D eigenvalue weighted by molar-refractivity contribution is 0.248. The summed E-state index contributed by atoms with van der Waals surface area (Å²) in [6.07, 6.45) is 4.47. The molecular weight excluding hydrogens is 440 g/mol. The molecule has 1 aromatic heterocycles. The lowest BCUT2D eigenvalue weighted by atomic mass is 10.1. The number of piperazine rings is 1. The smallest absolute Gasteiger partial charge is 0.244 e. The molecule has 33 heavy (non-hydrogen) atoms. The Morgan fingerprint density at radius 3 is 2.18 bits per heavy atom. The van der Waals surface area contributed by atoms with Crippen LogP contribution in [0.2, 0.25) is 0 Å². The number of hydrogen-bond acceptors (Lipinski definition) is 7. The first-order valence-corrected chi connectivity index (χ1v) is 13.0. The van der Waals surface area contributed by atoms with E-state index in [1.54, 1.807) is 24.6 Å². The first-order chi connectivity index (χ1) is 15.9. The third-order valence-corrected chi connectivity index (χ3v) is 8.49. The van der Waals surface area contributed by atoms with Crippen LogP contribution in [0.3, 0.4) is 0 Å². The Morgan fingerprint density at radius 1 is 0.909 bits per heavy atom. The molecule has 0 aliphatic carbocycles. The molecule has 2 fully saturated rings. The summed E-state index contributed by atoms with van der Waals surface area (Å²) in [5, 5.41) is 0. The topological polar surface area (TPSA) is 75.2 Å². The molecule has 180 valence electrons. The molecule has 0 N–H and O–H groups in total. The Labute approximate surface area is 197 Å². The minimum Gasteiger partial charge on any atom is -0.493 e. The average molecular weight is 475 g/mol. The van der Waals surface area contributed by atoms with Crippen LogP contribution in [-0.2, 0) is 16.6 Å². The number of nitrogens with zero attached hydrogens (tertiary/aromatic N) is 4. The van der Waals surface area contributed by atoms with Gasteiger partial charge in [-0.15, -0.1) is 0 Å². The zero-order valence-corrected chi connectivity index (χ0v) is 20.6. The molecule has 0 spiro atoms. The van der Waals surface area contributed by atoms with E-state index in [-0.39, 0.29) is 4.90 Å². The van der Waals surface area contributed by atoms with Crippen molar-refractivity contribution in [2.45, 2.75) is 37.6 Å². The number of anilines is 1. The standard InChI is InChI=1S/C24H34N4O4S/c1-19-15-22(31-2)23(32-3)16-20(19)18-26-11-13-27(14-12-26)24-8-7-21(17-25-24)33(29,30)28-9-5-4-6-10-28/h7-8,15-17H,4-6,9-14,18H2,1-3H3. The van der Waals surface area contributed by atoms with Crippen LogP contribution in [0.5, 0.6) is 11.5 Å². The molecule has 8 nitrogen and oxygen atoms in total. The molecule has 0 radical (unpaired) electrons. The van der Waals surface area contributed by atoms with Gasteiger partial charge in [-0.05, 0) is 55.2 Å².